The number of hydrogen-bond acceptors (Lipinski definition) is 2. The molecule has 0 aliphatic heterocycles. The van der Waals surface area contributed by atoms with Crippen molar-refractivity contribution in [2.45, 2.75) is 67.0 Å². The van der Waals surface area contributed by atoms with Crippen LogP contribution in [0.5, 0.6) is 0 Å². The third kappa shape index (κ3) is 7.13. The van der Waals surface area contributed by atoms with E-state index in [1.165, 1.54) is 0 Å². The van der Waals surface area contributed by atoms with E-state index in [1.54, 1.807) is 0 Å². The van der Waals surface area contributed by atoms with Crippen molar-refractivity contribution < 1.29 is 0 Å². The van der Waals surface area contributed by atoms with Crippen LogP contribution >= 0.6 is 0 Å². The van der Waals surface area contributed by atoms with Gasteiger partial charge in [0.15, 0.2) is 0 Å². The average molecular weight is 431 g/mol. The van der Waals surface area contributed by atoms with E-state index in [1.807, 2.05) is 0 Å². The monoisotopic (exact) mass is 430 g/mol. The minimum absolute atomic E-state index is 0.926. The third-order valence-corrected chi connectivity index (χ3v) is 6.15. The SMILES string of the molecule is Cc1cc(C#C[Si](C)(C)C)cc(C)c1/N=N/c1c(C)cc(C#C[Si](C)(C)C)cc1C. The molecule has 0 saturated carbocycles. The smallest absolute Gasteiger partial charge is 0.129 e. The zero-order valence-electron chi connectivity index (χ0n) is 20.2. The Morgan fingerprint density at radius 1 is 0.533 bits per heavy atom. The lowest BCUT2D eigenvalue weighted by molar-refractivity contribution is 1.15. The molecule has 2 aromatic carbocycles. The van der Waals surface area contributed by atoms with Crippen LogP contribution in [0.2, 0.25) is 39.3 Å². The molecule has 156 valence electrons. The van der Waals surface area contributed by atoms with Gasteiger partial charge >= 0.3 is 0 Å². The molecule has 30 heavy (non-hydrogen) atoms. The third-order valence-electron chi connectivity index (χ3n) is 4.40. The molecule has 0 aliphatic carbocycles. The first kappa shape index (κ1) is 23.9. The van der Waals surface area contributed by atoms with Crippen molar-refractivity contribution in [3.05, 3.63) is 57.6 Å². The van der Waals surface area contributed by atoms with Gasteiger partial charge in [-0.15, -0.1) is 21.3 Å². The molecule has 2 rings (SSSR count). The molecular formula is C26H34N2Si2. The Labute approximate surface area is 185 Å². The summed E-state index contributed by atoms with van der Waals surface area (Å²) in [5.74, 6) is 6.69. The number of rotatable bonds is 2. The molecule has 2 aromatic rings. The predicted octanol–water partition coefficient (Wildman–Crippen LogP) is 7.79. The van der Waals surface area contributed by atoms with Gasteiger partial charge < -0.3 is 0 Å². The van der Waals surface area contributed by atoms with Gasteiger partial charge in [0.05, 0.1) is 11.4 Å². The van der Waals surface area contributed by atoms with Crippen molar-refractivity contribution in [1.29, 1.82) is 0 Å². The molecule has 0 bridgehead atoms. The maximum Gasteiger partial charge on any atom is 0.129 e. The maximum atomic E-state index is 4.62. The second-order valence-corrected chi connectivity index (χ2v) is 19.6. The van der Waals surface area contributed by atoms with E-state index in [9.17, 15) is 0 Å². The van der Waals surface area contributed by atoms with Crippen molar-refractivity contribution in [2.75, 3.05) is 0 Å². The van der Waals surface area contributed by atoms with Crippen molar-refractivity contribution >= 4 is 27.5 Å². The van der Waals surface area contributed by atoms with Crippen LogP contribution in [0.15, 0.2) is 34.5 Å². The second kappa shape index (κ2) is 9.17. The zero-order chi connectivity index (χ0) is 22.7. The summed E-state index contributed by atoms with van der Waals surface area (Å²) in [5, 5.41) is 9.24. The van der Waals surface area contributed by atoms with Crippen molar-refractivity contribution in [3.63, 3.8) is 0 Å². The fraction of sp³-hybridized carbons (Fsp3) is 0.385. The normalized spacial score (nSPS) is 11.7. The molecule has 0 heterocycles. The standard InChI is InChI=1S/C26H34N2Si2/c1-19-15-23(11-13-29(5,6)7)16-20(2)25(19)27-28-26-21(3)17-24(18-22(26)4)12-14-30(8,9)10/h15-18H,1-10H3/b28-27+. The van der Waals surface area contributed by atoms with Crippen LogP contribution in [0.3, 0.4) is 0 Å². The van der Waals surface area contributed by atoms with E-state index in [4.69, 9.17) is 0 Å². The van der Waals surface area contributed by atoms with Gasteiger partial charge in [0.2, 0.25) is 0 Å². The Morgan fingerprint density at radius 3 is 1.03 bits per heavy atom. The maximum absolute atomic E-state index is 4.62. The quantitative estimate of drug-likeness (QED) is 0.264. The summed E-state index contributed by atoms with van der Waals surface area (Å²) >= 11 is 0. The zero-order valence-corrected chi connectivity index (χ0v) is 22.2. The van der Waals surface area contributed by atoms with Gasteiger partial charge in [-0.05, 0) is 74.2 Å². The van der Waals surface area contributed by atoms with Gasteiger partial charge in [-0.1, -0.05) is 51.1 Å². The summed E-state index contributed by atoms with van der Waals surface area (Å²) in [5.41, 5.74) is 15.3. The molecule has 0 saturated heterocycles. The first-order chi connectivity index (χ1) is 13.7. The largest absolute Gasteiger partial charge is 0.150 e. The van der Waals surface area contributed by atoms with E-state index < -0.39 is 16.1 Å². The highest BCUT2D eigenvalue weighted by Gasteiger charge is 2.10. The van der Waals surface area contributed by atoms with Gasteiger partial charge in [-0.25, -0.2) is 0 Å². The number of azo groups is 1. The van der Waals surface area contributed by atoms with E-state index in [0.29, 0.717) is 0 Å². The van der Waals surface area contributed by atoms with Gasteiger partial charge in [-0.2, -0.15) is 0 Å². The summed E-state index contributed by atoms with van der Waals surface area (Å²) in [6.07, 6.45) is 0. The summed E-state index contributed by atoms with van der Waals surface area (Å²) in [7, 11) is -2.78. The topological polar surface area (TPSA) is 24.7 Å². The lowest BCUT2D eigenvalue weighted by Gasteiger charge is -2.09. The van der Waals surface area contributed by atoms with Crippen LogP contribution in [0.25, 0.3) is 0 Å². The molecule has 0 N–H and O–H groups in total. The molecule has 0 aliphatic rings. The number of nitrogens with zero attached hydrogens (tertiary/aromatic N) is 2. The van der Waals surface area contributed by atoms with Crippen molar-refractivity contribution in [1.82, 2.24) is 0 Å². The Balaban J connectivity index is 2.37. The fourth-order valence-corrected chi connectivity index (χ4v) is 4.03. The Kier molecular flexibility index (Phi) is 7.29. The van der Waals surface area contributed by atoms with Gasteiger partial charge in [0.25, 0.3) is 0 Å². The van der Waals surface area contributed by atoms with Crippen molar-refractivity contribution in [2.24, 2.45) is 10.2 Å². The Bertz CT molecular complexity index is 971. The average Bonchev–Trinajstić information content (AvgIpc) is 2.58. The van der Waals surface area contributed by atoms with E-state index >= 15 is 0 Å². The summed E-state index contributed by atoms with van der Waals surface area (Å²) < 4.78 is 0. The number of hydrogen-bond donors (Lipinski definition) is 0. The summed E-state index contributed by atoms with van der Waals surface area (Å²) in [6, 6.07) is 8.46. The highest BCUT2D eigenvalue weighted by molar-refractivity contribution is 6.84. The minimum atomic E-state index is -1.39. The molecule has 0 unspecified atom stereocenters. The van der Waals surface area contributed by atoms with Gasteiger partial charge in [0.1, 0.15) is 16.1 Å². The Hall–Kier alpha value is -2.41. The molecule has 0 amide bonds. The van der Waals surface area contributed by atoms with E-state index in [2.05, 4.69) is 124 Å². The van der Waals surface area contributed by atoms with Crippen LogP contribution in [0.1, 0.15) is 33.4 Å². The van der Waals surface area contributed by atoms with Crippen LogP contribution < -0.4 is 0 Å². The van der Waals surface area contributed by atoms with Gasteiger partial charge in [-0.3, -0.25) is 0 Å². The molecule has 0 spiro atoms. The second-order valence-electron chi connectivity index (χ2n) is 10.1. The predicted molar refractivity (Wildman–Crippen MR) is 136 cm³/mol. The Morgan fingerprint density at radius 2 is 0.800 bits per heavy atom. The van der Waals surface area contributed by atoms with Crippen LogP contribution in [-0.4, -0.2) is 16.1 Å². The van der Waals surface area contributed by atoms with Crippen molar-refractivity contribution in [3.8, 4) is 22.9 Å². The highest BCUT2D eigenvalue weighted by atomic mass is 28.3. The molecule has 0 radical (unpaired) electrons. The molecule has 4 heteroatoms. The summed E-state index contributed by atoms with van der Waals surface area (Å²) in [6.45, 7) is 21.9. The molecule has 0 fully saturated rings. The minimum Gasteiger partial charge on any atom is -0.150 e. The number of benzene rings is 2. The molecular weight excluding hydrogens is 396 g/mol. The molecule has 0 aromatic heterocycles. The first-order valence-corrected chi connectivity index (χ1v) is 17.5. The van der Waals surface area contributed by atoms with Crippen LogP contribution in [-0.2, 0) is 0 Å². The summed E-state index contributed by atoms with van der Waals surface area (Å²) in [4.78, 5) is 0. The van der Waals surface area contributed by atoms with E-state index in [-0.39, 0.29) is 0 Å². The highest BCUT2D eigenvalue weighted by Crippen LogP contribution is 2.30. The molecule has 2 nitrogen and oxygen atoms in total. The number of aryl methyl sites for hydroxylation is 4. The first-order valence-electron chi connectivity index (χ1n) is 10.5. The van der Waals surface area contributed by atoms with Crippen LogP contribution in [0.4, 0.5) is 11.4 Å². The van der Waals surface area contributed by atoms with E-state index in [0.717, 1.165) is 44.8 Å². The lowest BCUT2D eigenvalue weighted by atomic mass is 10.0. The molecule has 0 atom stereocenters. The fourth-order valence-electron chi connectivity index (χ4n) is 2.99. The van der Waals surface area contributed by atoms with Crippen LogP contribution in [0, 0.1) is 50.6 Å². The van der Waals surface area contributed by atoms with Gasteiger partial charge in [0, 0.05) is 11.1 Å². The lowest BCUT2D eigenvalue weighted by Crippen LogP contribution is -2.16.